The molecule has 1 aliphatic heterocycles. The fourth-order valence-corrected chi connectivity index (χ4v) is 6.11. The average Bonchev–Trinajstić information content (AvgIpc) is 3.21. The number of anilines is 2. The number of likely N-dealkylation sites (tertiary alicyclic amines) is 1. The molecule has 3 heterocycles. The molecule has 13 heteroatoms. The second kappa shape index (κ2) is 10.7. The summed E-state index contributed by atoms with van der Waals surface area (Å²) in [6, 6.07) is 4.69. The van der Waals surface area contributed by atoms with Crippen LogP contribution in [0.2, 0.25) is 5.02 Å². The van der Waals surface area contributed by atoms with Gasteiger partial charge >= 0.3 is 5.97 Å². The zero-order valence-corrected chi connectivity index (χ0v) is 23.0. The second-order valence-corrected chi connectivity index (χ2v) is 11.4. The summed E-state index contributed by atoms with van der Waals surface area (Å²) in [6.07, 6.45) is 3.08. The van der Waals surface area contributed by atoms with Crippen LogP contribution in [0.15, 0.2) is 41.6 Å². The van der Waals surface area contributed by atoms with E-state index in [0.717, 1.165) is 5.39 Å². The van der Waals surface area contributed by atoms with Crippen LogP contribution in [0.4, 0.5) is 11.6 Å². The highest BCUT2D eigenvalue weighted by atomic mass is 35.5. The van der Waals surface area contributed by atoms with Crippen molar-refractivity contribution in [3.63, 3.8) is 0 Å². The number of aromatic nitrogens is 2. The Kier molecular flexibility index (Phi) is 7.77. The Morgan fingerprint density at radius 3 is 2.71 bits per heavy atom. The summed E-state index contributed by atoms with van der Waals surface area (Å²) in [5.74, 6) is -0.193. The number of hydrogen-bond acceptors (Lipinski definition) is 9. The molecule has 202 valence electrons. The van der Waals surface area contributed by atoms with E-state index in [9.17, 15) is 18.0 Å². The number of benzene rings is 1. The van der Waals surface area contributed by atoms with E-state index in [1.165, 1.54) is 24.3 Å². The van der Waals surface area contributed by atoms with Crippen molar-refractivity contribution in [3.8, 4) is 0 Å². The van der Waals surface area contributed by atoms with Gasteiger partial charge in [0, 0.05) is 49.9 Å². The summed E-state index contributed by atoms with van der Waals surface area (Å²) >= 11 is 6.50. The number of nitrogen functional groups attached to an aromatic ring is 1. The highest BCUT2D eigenvalue weighted by Gasteiger charge is 2.41. The van der Waals surface area contributed by atoms with E-state index in [1.807, 2.05) is 14.1 Å². The molecule has 3 N–H and O–H groups in total. The first-order valence-corrected chi connectivity index (χ1v) is 13.7. The number of methoxy groups -OCH3 is 1. The quantitative estimate of drug-likeness (QED) is 0.394. The monoisotopic (exact) mass is 560 g/mol. The van der Waals surface area contributed by atoms with Crippen LogP contribution in [0.5, 0.6) is 0 Å². The number of nitrogens with one attached hydrogen (secondary N) is 1. The Labute approximate surface area is 226 Å². The van der Waals surface area contributed by atoms with Gasteiger partial charge in [0.05, 0.1) is 7.11 Å². The Hall–Kier alpha value is -3.48. The van der Waals surface area contributed by atoms with E-state index in [-0.39, 0.29) is 24.3 Å². The predicted octanol–water partition coefficient (Wildman–Crippen LogP) is 1.90. The SMILES string of the molecule is COC(=O)C(Cc1cc2ccnc(N)c2cc1Cl)N1CCC(NS(=O)(=O)c2cnc(N(C)C)c(C)c2)C1=O. The summed E-state index contributed by atoms with van der Waals surface area (Å²) in [6.45, 7) is 1.91. The third kappa shape index (κ3) is 5.38. The number of amides is 1. The van der Waals surface area contributed by atoms with Crippen LogP contribution in [-0.2, 0) is 30.8 Å². The van der Waals surface area contributed by atoms with Crippen LogP contribution in [0.25, 0.3) is 10.8 Å². The van der Waals surface area contributed by atoms with Gasteiger partial charge in [-0.05, 0) is 54.1 Å². The van der Waals surface area contributed by atoms with Crippen LogP contribution in [-0.4, -0.2) is 75.0 Å². The number of hydrogen-bond donors (Lipinski definition) is 2. The van der Waals surface area contributed by atoms with Gasteiger partial charge in [-0.15, -0.1) is 0 Å². The number of halogens is 1. The lowest BCUT2D eigenvalue weighted by Crippen LogP contribution is -2.48. The van der Waals surface area contributed by atoms with Gasteiger partial charge in [0.2, 0.25) is 15.9 Å². The number of esters is 1. The third-order valence-electron chi connectivity index (χ3n) is 6.52. The average molecular weight is 561 g/mol. The minimum absolute atomic E-state index is 0.0481. The maximum Gasteiger partial charge on any atom is 0.328 e. The first kappa shape index (κ1) is 27.6. The molecule has 0 bridgehead atoms. The number of fused-ring (bicyclic) bond motifs is 1. The molecule has 3 aromatic rings. The Bertz CT molecular complexity index is 1510. The van der Waals surface area contributed by atoms with Crippen LogP contribution >= 0.6 is 11.6 Å². The normalized spacial score (nSPS) is 16.6. The van der Waals surface area contributed by atoms with Crippen molar-refractivity contribution >= 4 is 55.9 Å². The van der Waals surface area contributed by atoms with Crippen molar-refractivity contribution in [1.29, 1.82) is 0 Å². The second-order valence-electron chi connectivity index (χ2n) is 9.30. The lowest BCUT2D eigenvalue weighted by molar-refractivity contribution is -0.151. The summed E-state index contributed by atoms with van der Waals surface area (Å²) in [7, 11) is 0.806. The molecule has 4 rings (SSSR count). The summed E-state index contributed by atoms with van der Waals surface area (Å²) in [4.78, 5) is 37.4. The van der Waals surface area contributed by atoms with E-state index in [1.54, 1.807) is 36.2 Å². The van der Waals surface area contributed by atoms with Crippen molar-refractivity contribution in [2.24, 2.45) is 0 Å². The Morgan fingerprint density at radius 1 is 1.32 bits per heavy atom. The molecule has 1 aromatic carbocycles. The van der Waals surface area contributed by atoms with Gasteiger partial charge in [0.25, 0.3) is 0 Å². The zero-order valence-electron chi connectivity index (χ0n) is 21.4. The summed E-state index contributed by atoms with van der Waals surface area (Å²) < 4.78 is 33.6. The molecule has 2 aromatic heterocycles. The van der Waals surface area contributed by atoms with Crippen LogP contribution in [0.1, 0.15) is 17.5 Å². The summed E-state index contributed by atoms with van der Waals surface area (Å²) in [5.41, 5.74) is 7.23. The van der Waals surface area contributed by atoms with Crippen molar-refractivity contribution < 1.29 is 22.7 Å². The molecule has 0 aliphatic carbocycles. The predicted molar refractivity (Wildman–Crippen MR) is 144 cm³/mol. The molecular weight excluding hydrogens is 532 g/mol. The molecule has 0 spiro atoms. The number of nitrogens with two attached hydrogens (primary N) is 1. The molecule has 0 saturated carbocycles. The Morgan fingerprint density at radius 2 is 2.05 bits per heavy atom. The number of nitrogens with zero attached hydrogens (tertiary/aromatic N) is 4. The van der Waals surface area contributed by atoms with Crippen molar-refractivity contribution in [2.75, 3.05) is 38.4 Å². The number of aryl methyl sites for hydroxylation is 1. The number of pyridine rings is 2. The smallest absolute Gasteiger partial charge is 0.328 e. The van der Waals surface area contributed by atoms with Gasteiger partial charge in [0.15, 0.2) is 0 Å². The number of carbonyl (C=O) groups is 2. The topological polar surface area (TPSA) is 148 Å². The van der Waals surface area contributed by atoms with Crippen LogP contribution in [0, 0.1) is 6.92 Å². The van der Waals surface area contributed by atoms with Crippen molar-refractivity contribution in [2.45, 2.75) is 36.7 Å². The van der Waals surface area contributed by atoms with E-state index in [0.29, 0.717) is 33.2 Å². The van der Waals surface area contributed by atoms with Gasteiger partial charge < -0.3 is 20.3 Å². The van der Waals surface area contributed by atoms with Gasteiger partial charge in [-0.2, -0.15) is 4.72 Å². The molecule has 1 saturated heterocycles. The molecule has 1 aliphatic rings. The Balaban J connectivity index is 1.56. The fraction of sp³-hybridized carbons (Fsp3) is 0.360. The van der Waals surface area contributed by atoms with Crippen molar-refractivity contribution in [1.82, 2.24) is 19.6 Å². The van der Waals surface area contributed by atoms with Crippen LogP contribution in [0.3, 0.4) is 0 Å². The van der Waals surface area contributed by atoms with Crippen LogP contribution < -0.4 is 15.4 Å². The van der Waals surface area contributed by atoms with Gasteiger partial charge in [-0.1, -0.05) is 11.6 Å². The maximum absolute atomic E-state index is 13.3. The largest absolute Gasteiger partial charge is 0.467 e. The highest BCUT2D eigenvalue weighted by Crippen LogP contribution is 2.29. The molecule has 11 nitrogen and oxygen atoms in total. The van der Waals surface area contributed by atoms with Crippen molar-refractivity contribution in [3.05, 3.63) is 52.8 Å². The first-order valence-electron chi connectivity index (χ1n) is 11.8. The van der Waals surface area contributed by atoms with Gasteiger partial charge in [-0.3, -0.25) is 4.79 Å². The fourth-order valence-electron chi connectivity index (χ4n) is 4.62. The zero-order chi connectivity index (χ0) is 27.8. The van der Waals surface area contributed by atoms with E-state index >= 15 is 0 Å². The third-order valence-corrected chi connectivity index (χ3v) is 8.31. The number of carbonyl (C=O) groups excluding carboxylic acids is 2. The van der Waals surface area contributed by atoms with E-state index in [2.05, 4.69) is 14.7 Å². The molecular formula is C25H29ClN6O5S. The molecule has 2 atom stereocenters. The van der Waals surface area contributed by atoms with Gasteiger partial charge in [0.1, 0.15) is 28.6 Å². The number of ether oxygens (including phenoxy) is 1. The number of rotatable bonds is 8. The lowest BCUT2D eigenvalue weighted by Gasteiger charge is -2.26. The van der Waals surface area contributed by atoms with Gasteiger partial charge in [-0.25, -0.2) is 23.2 Å². The van der Waals surface area contributed by atoms with E-state index in [4.69, 9.17) is 22.1 Å². The molecule has 38 heavy (non-hydrogen) atoms. The first-order chi connectivity index (χ1) is 17.9. The molecule has 1 fully saturated rings. The summed E-state index contributed by atoms with van der Waals surface area (Å²) in [5, 5.41) is 1.81. The minimum Gasteiger partial charge on any atom is -0.467 e. The highest BCUT2D eigenvalue weighted by molar-refractivity contribution is 7.89. The number of sulfonamides is 1. The lowest BCUT2D eigenvalue weighted by atomic mass is 10.0. The minimum atomic E-state index is -4.04. The molecule has 0 radical (unpaired) electrons. The maximum atomic E-state index is 13.3. The standard InChI is InChI=1S/C25H29ClN6O5S/c1-14-9-17(13-29-23(14)31(2)3)38(35,36)30-20-6-8-32(24(20)33)21(25(34)37-4)11-16-10-15-5-7-28-22(27)18(15)12-19(16)26/h5,7,9-10,12-13,20-21,30H,6,8,11H2,1-4H3,(H2,27,28). The van der Waals surface area contributed by atoms with E-state index < -0.39 is 34.0 Å². The molecule has 1 amide bonds. The molecule has 2 unspecified atom stereocenters.